The molecule has 2 aliphatic heterocycles. The van der Waals surface area contributed by atoms with Gasteiger partial charge in [-0.3, -0.25) is 4.79 Å². The number of ether oxygens (including phenoxy) is 2. The van der Waals surface area contributed by atoms with Crippen LogP contribution in [0.3, 0.4) is 0 Å². The number of morpholine rings is 1. The quantitative estimate of drug-likeness (QED) is 0.846. The summed E-state index contributed by atoms with van der Waals surface area (Å²) in [4.78, 5) is 14.4. The van der Waals surface area contributed by atoms with E-state index < -0.39 is 0 Å². The topological polar surface area (TPSA) is 64.8 Å². The van der Waals surface area contributed by atoms with Crippen molar-refractivity contribution >= 4 is 5.91 Å². The van der Waals surface area contributed by atoms with Crippen LogP contribution in [-0.2, 0) is 22.4 Å². The highest BCUT2D eigenvalue weighted by molar-refractivity contribution is 5.79. The Bertz CT molecular complexity index is 806. The van der Waals surface area contributed by atoms with Gasteiger partial charge in [0.05, 0.1) is 24.3 Å². The Balaban J connectivity index is 1.45. The number of amides is 1. The molecule has 4 rings (SSSR count). The van der Waals surface area contributed by atoms with Crippen LogP contribution in [0.2, 0.25) is 0 Å². The van der Waals surface area contributed by atoms with Crippen LogP contribution in [0.25, 0.3) is 11.3 Å². The molecule has 6 nitrogen and oxygen atoms in total. The third-order valence-electron chi connectivity index (χ3n) is 4.84. The summed E-state index contributed by atoms with van der Waals surface area (Å²) in [7, 11) is 0. The highest BCUT2D eigenvalue weighted by atomic mass is 16.5. The number of nitrogens with zero attached hydrogens (tertiary/aromatic N) is 2. The number of benzene rings is 1. The Kier molecular flexibility index (Phi) is 4.44. The average Bonchev–Trinajstić information content (AvgIpc) is 3.18. The molecule has 0 N–H and O–H groups in total. The summed E-state index contributed by atoms with van der Waals surface area (Å²) in [6.45, 7) is 7.28. The van der Waals surface area contributed by atoms with Gasteiger partial charge in [-0.05, 0) is 44.5 Å². The van der Waals surface area contributed by atoms with Gasteiger partial charge >= 0.3 is 0 Å². The maximum atomic E-state index is 12.6. The van der Waals surface area contributed by atoms with Gasteiger partial charge in [-0.2, -0.15) is 0 Å². The molecule has 1 amide bonds. The molecule has 0 radical (unpaired) electrons. The molecule has 2 aromatic rings. The van der Waals surface area contributed by atoms with Gasteiger partial charge in [0.25, 0.3) is 0 Å². The molecule has 1 saturated heterocycles. The van der Waals surface area contributed by atoms with Crippen molar-refractivity contribution in [3.05, 3.63) is 35.5 Å². The van der Waals surface area contributed by atoms with E-state index in [1.54, 1.807) is 0 Å². The number of hydrogen-bond donors (Lipinski definition) is 0. The van der Waals surface area contributed by atoms with Crippen molar-refractivity contribution < 1.29 is 18.8 Å². The first-order valence-electron chi connectivity index (χ1n) is 9.16. The van der Waals surface area contributed by atoms with Crippen molar-refractivity contribution in [2.24, 2.45) is 0 Å². The second-order valence-corrected chi connectivity index (χ2v) is 7.37. The molecule has 6 heteroatoms. The third-order valence-corrected chi connectivity index (χ3v) is 4.84. The van der Waals surface area contributed by atoms with Gasteiger partial charge in [0.1, 0.15) is 11.9 Å². The van der Waals surface area contributed by atoms with Crippen molar-refractivity contribution in [1.82, 2.24) is 10.1 Å². The molecule has 1 fully saturated rings. The summed E-state index contributed by atoms with van der Waals surface area (Å²) >= 11 is 0. The van der Waals surface area contributed by atoms with E-state index in [2.05, 4.69) is 18.1 Å². The monoisotopic (exact) mass is 356 g/mol. The second kappa shape index (κ2) is 6.76. The Morgan fingerprint density at radius 2 is 1.92 bits per heavy atom. The zero-order chi connectivity index (χ0) is 18.3. The van der Waals surface area contributed by atoms with Crippen molar-refractivity contribution in [3.63, 3.8) is 0 Å². The molecular formula is C20H24N2O4. The minimum atomic E-state index is 0.0584. The highest BCUT2D eigenvalue weighted by Crippen LogP contribution is 2.33. The fourth-order valence-electron chi connectivity index (χ4n) is 3.75. The lowest BCUT2D eigenvalue weighted by Crippen LogP contribution is -2.48. The first-order chi connectivity index (χ1) is 12.5. The van der Waals surface area contributed by atoms with E-state index in [0.29, 0.717) is 24.5 Å². The average molecular weight is 356 g/mol. The Morgan fingerprint density at radius 1 is 1.15 bits per heavy atom. The zero-order valence-corrected chi connectivity index (χ0v) is 15.4. The summed E-state index contributed by atoms with van der Waals surface area (Å²) < 4.78 is 16.9. The lowest BCUT2D eigenvalue weighted by atomic mass is 10.0. The van der Waals surface area contributed by atoms with E-state index in [9.17, 15) is 4.79 Å². The Labute approximate surface area is 153 Å². The van der Waals surface area contributed by atoms with Crippen molar-refractivity contribution in [1.29, 1.82) is 0 Å². The molecule has 1 aromatic carbocycles. The van der Waals surface area contributed by atoms with Crippen LogP contribution in [0, 0.1) is 0 Å². The zero-order valence-electron chi connectivity index (χ0n) is 15.4. The normalized spacial score (nSPS) is 25.0. The molecule has 2 aliphatic rings. The van der Waals surface area contributed by atoms with E-state index in [0.717, 1.165) is 17.7 Å². The van der Waals surface area contributed by atoms with Crippen molar-refractivity contribution in [2.45, 2.75) is 51.9 Å². The van der Waals surface area contributed by atoms with Gasteiger partial charge in [-0.15, -0.1) is 0 Å². The molecule has 3 atom stereocenters. The molecule has 0 saturated carbocycles. The summed E-state index contributed by atoms with van der Waals surface area (Å²) in [6.07, 6.45) is 1.48. The molecule has 26 heavy (non-hydrogen) atoms. The summed E-state index contributed by atoms with van der Waals surface area (Å²) in [5.74, 6) is 1.67. The number of aromatic nitrogens is 1. The first kappa shape index (κ1) is 17.1. The molecule has 138 valence electrons. The maximum Gasteiger partial charge on any atom is 0.228 e. The summed E-state index contributed by atoms with van der Waals surface area (Å²) in [5.41, 5.74) is 2.79. The van der Waals surface area contributed by atoms with Crippen molar-refractivity contribution in [2.75, 3.05) is 13.1 Å². The van der Waals surface area contributed by atoms with Crippen LogP contribution >= 0.6 is 0 Å². The molecular weight excluding hydrogens is 332 g/mol. The van der Waals surface area contributed by atoms with Crippen LogP contribution in [-0.4, -0.2) is 47.4 Å². The Hall–Kier alpha value is -2.34. The van der Waals surface area contributed by atoms with Gasteiger partial charge < -0.3 is 18.9 Å². The van der Waals surface area contributed by atoms with E-state index in [4.69, 9.17) is 14.0 Å². The minimum absolute atomic E-state index is 0.0584. The van der Waals surface area contributed by atoms with E-state index in [1.165, 1.54) is 5.56 Å². The van der Waals surface area contributed by atoms with Crippen LogP contribution in [0.4, 0.5) is 0 Å². The van der Waals surface area contributed by atoms with E-state index in [-0.39, 0.29) is 30.6 Å². The predicted molar refractivity (Wildman–Crippen MR) is 96.0 cm³/mol. The minimum Gasteiger partial charge on any atom is -0.490 e. The molecule has 0 spiro atoms. The standard InChI is InChI=1S/C20H24N2O4/c1-12-6-16-7-15(4-5-18(16)25-12)19-8-17(21-26-19)9-20(23)22-10-13(2)24-14(3)11-22/h4-5,7-8,12-14H,6,9-11H2,1-3H3. The molecule has 1 aromatic heterocycles. The van der Waals surface area contributed by atoms with Gasteiger partial charge in [-0.25, -0.2) is 0 Å². The summed E-state index contributed by atoms with van der Waals surface area (Å²) in [6, 6.07) is 7.87. The number of carbonyl (C=O) groups is 1. The number of rotatable bonds is 3. The summed E-state index contributed by atoms with van der Waals surface area (Å²) in [5, 5.41) is 4.09. The smallest absolute Gasteiger partial charge is 0.228 e. The molecule has 3 heterocycles. The predicted octanol–water partition coefficient (Wildman–Crippen LogP) is 2.84. The van der Waals surface area contributed by atoms with Crippen LogP contribution < -0.4 is 4.74 Å². The number of carbonyl (C=O) groups excluding carboxylic acids is 1. The second-order valence-electron chi connectivity index (χ2n) is 7.37. The van der Waals surface area contributed by atoms with Gasteiger partial charge in [-0.1, -0.05) is 5.16 Å². The molecule has 0 bridgehead atoms. The van der Waals surface area contributed by atoms with Crippen molar-refractivity contribution in [3.8, 4) is 17.1 Å². The van der Waals surface area contributed by atoms with Gasteiger partial charge in [0, 0.05) is 31.1 Å². The van der Waals surface area contributed by atoms with Crippen LogP contribution in [0.1, 0.15) is 32.0 Å². The molecule has 3 unspecified atom stereocenters. The Morgan fingerprint density at radius 3 is 2.69 bits per heavy atom. The number of fused-ring (bicyclic) bond motifs is 1. The fraction of sp³-hybridized carbons (Fsp3) is 0.500. The number of hydrogen-bond acceptors (Lipinski definition) is 5. The van der Waals surface area contributed by atoms with Crippen LogP contribution in [0.5, 0.6) is 5.75 Å². The first-order valence-corrected chi connectivity index (χ1v) is 9.16. The van der Waals surface area contributed by atoms with Gasteiger partial charge in [0.15, 0.2) is 5.76 Å². The van der Waals surface area contributed by atoms with Crippen LogP contribution in [0.15, 0.2) is 28.8 Å². The van der Waals surface area contributed by atoms with E-state index in [1.807, 2.05) is 36.9 Å². The van der Waals surface area contributed by atoms with E-state index >= 15 is 0 Å². The largest absolute Gasteiger partial charge is 0.490 e. The highest BCUT2D eigenvalue weighted by Gasteiger charge is 2.26. The molecule has 0 aliphatic carbocycles. The van der Waals surface area contributed by atoms with Gasteiger partial charge in [0.2, 0.25) is 5.91 Å². The lowest BCUT2D eigenvalue weighted by molar-refractivity contribution is -0.142. The maximum absolute atomic E-state index is 12.6. The lowest BCUT2D eigenvalue weighted by Gasteiger charge is -2.35. The fourth-order valence-corrected chi connectivity index (χ4v) is 3.75. The third kappa shape index (κ3) is 3.46. The SMILES string of the molecule is CC1Cc2cc(-c3cc(CC(=O)N4CC(C)OC(C)C4)no3)ccc2O1.